The predicted molar refractivity (Wildman–Crippen MR) is 108 cm³/mol. The molecule has 1 aliphatic rings. The highest BCUT2D eigenvalue weighted by atomic mass is 16.5. The van der Waals surface area contributed by atoms with Crippen LogP contribution < -0.4 is 9.64 Å². The van der Waals surface area contributed by atoms with E-state index in [1.54, 1.807) is 41.3 Å². The van der Waals surface area contributed by atoms with E-state index in [9.17, 15) is 14.7 Å². The number of carbonyl (C=O) groups excluding carboxylic acids is 2. The quantitative estimate of drug-likeness (QED) is 0.745. The summed E-state index contributed by atoms with van der Waals surface area (Å²) in [5.41, 5.74) is 1.39. The molecular formula is C22H26N2O4. The Kier molecular flexibility index (Phi) is 6.53. The molecule has 0 aliphatic carbocycles. The minimum atomic E-state index is -0.0377. The van der Waals surface area contributed by atoms with Crippen LogP contribution in [0.1, 0.15) is 30.1 Å². The van der Waals surface area contributed by atoms with Crippen LogP contribution in [0.4, 0.5) is 5.69 Å². The number of para-hydroxylation sites is 2. The Balaban J connectivity index is 1.46. The first-order valence-corrected chi connectivity index (χ1v) is 9.65. The number of piperazine rings is 1. The first-order chi connectivity index (χ1) is 13.6. The van der Waals surface area contributed by atoms with Gasteiger partial charge >= 0.3 is 0 Å². The van der Waals surface area contributed by atoms with Crippen LogP contribution in [-0.2, 0) is 4.79 Å². The van der Waals surface area contributed by atoms with Gasteiger partial charge in [0.25, 0.3) is 0 Å². The third kappa shape index (κ3) is 4.82. The maximum absolute atomic E-state index is 12.5. The zero-order valence-electron chi connectivity index (χ0n) is 16.1. The summed E-state index contributed by atoms with van der Waals surface area (Å²) in [6.07, 6.45) is 0.412. The monoisotopic (exact) mass is 382 g/mol. The Bertz CT molecular complexity index is 812. The van der Waals surface area contributed by atoms with Gasteiger partial charge in [0.2, 0.25) is 5.91 Å². The van der Waals surface area contributed by atoms with Gasteiger partial charge in [-0.25, -0.2) is 0 Å². The Labute approximate surface area is 165 Å². The molecular weight excluding hydrogens is 356 g/mol. The summed E-state index contributed by atoms with van der Waals surface area (Å²) in [4.78, 5) is 28.7. The van der Waals surface area contributed by atoms with Crippen molar-refractivity contribution in [1.82, 2.24) is 4.90 Å². The number of hydrogen-bond acceptors (Lipinski definition) is 5. The number of amides is 1. The fourth-order valence-electron chi connectivity index (χ4n) is 3.35. The molecule has 0 saturated carbocycles. The molecule has 0 radical (unpaired) electrons. The van der Waals surface area contributed by atoms with E-state index in [1.165, 1.54) is 0 Å². The van der Waals surface area contributed by atoms with Crippen molar-refractivity contribution in [3.8, 4) is 11.5 Å². The number of hydrogen-bond donors (Lipinski definition) is 1. The van der Waals surface area contributed by atoms with E-state index >= 15 is 0 Å². The van der Waals surface area contributed by atoms with Gasteiger partial charge in [0, 0.05) is 44.6 Å². The summed E-state index contributed by atoms with van der Waals surface area (Å²) in [5, 5.41) is 9.97. The number of Topliss-reactive ketones (excluding diaryl/α,β-unsaturated/α-hetero) is 1. The zero-order chi connectivity index (χ0) is 19.9. The minimum absolute atomic E-state index is 0.00350. The Hall–Kier alpha value is -3.02. The summed E-state index contributed by atoms with van der Waals surface area (Å²) in [6, 6.07) is 14.3. The van der Waals surface area contributed by atoms with Crippen LogP contribution in [0.2, 0.25) is 0 Å². The molecule has 6 nitrogen and oxygen atoms in total. The SMILES string of the molecule is CCOc1ccc(C(=O)CCC(=O)N2CCN(c3ccccc3O)CC2)cc1. The highest BCUT2D eigenvalue weighted by Crippen LogP contribution is 2.27. The van der Waals surface area contributed by atoms with Crippen molar-refractivity contribution in [3.63, 3.8) is 0 Å². The maximum atomic E-state index is 12.5. The van der Waals surface area contributed by atoms with Crippen molar-refractivity contribution in [1.29, 1.82) is 0 Å². The lowest BCUT2D eigenvalue weighted by molar-refractivity contribution is -0.131. The molecule has 1 fully saturated rings. The highest BCUT2D eigenvalue weighted by Gasteiger charge is 2.23. The number of rotatable bonds is 7. The third-order valence-corrected chi connectivity index (χ3v) is 4.91. The lowest BCUT2D eigenvalue weighted by Gasteiger charge is -2.36. The van der Waals surface area contributed by atoms with Gasteiger partial charge in [-0.2, -0.15) is 0 Å². The van der Waals surface area contributed by atoms with Crippen LogP contribution in [0, 0.1) is 0 Å². The van der Waals surface area contributed by atoms with Gasteiger partial charge in [0.15, 0.2) is 5.78 Å². The number of anilines is 1. The second kappa shape index (κ2) is 9.26. The lowest BCUT2D eigenvalue weighted by atomic mass is 10.1. The molecule has 0 spiro atoms. The molecule has 0 atom stereocenters. The molecule has 3 rings (SSSR count). The van der Waals surface area contributed by atoms with Crippen LogP contribution in [0.3, 0.4) is 0 Å². The predicted octanol–water partition coefficient (Wildman–Crippen LogP) is 3.10. The van der Waals surface area contributed by atoms with E-state index in [-0.39, 0.29) is 30.3 Å². The molecule has 0 unspecified atom stereocenters. The molecule has 0 aromatic heterocycles. The Morgan fingerprint density at radius 1 is 0.964 bits per heavy atom. The number of ether oxygens (including phenoxy) is 1. The zero-order valence-corrected chi connectivity index (χ0v) is 16.1. The van der Waals surface area contributed by atoms with E-state index in [0.29, 0.717) is 38.3 Å². The van der Waals surface area contributed by atoms with Gasteiger partial charge < -0.3 is 19.6 Å². The second-order valence-corrected chi connectivity index (χ2v) is 6.74. The normalized spacial score (nSPS) is 14.0. The second-order valence-electron chi connectivity index (χ2n) is 6.74. The largest absolute Gasteiger partial charge is 0.506 e. The lowest BCUT2D eigenvalue weighted by Crippen LogP contribution is -2.48. The summed E-state index contributed by atoms with van der Waals surface area (Å²) < 4.78 is 5.37. The number of nitrogens with zero attached hydrogens (tertiary/aromatic N) is 2. The van der Waals surface area contributed by atoms with Crippen LogP contribution in [0.15, 0.2) is 48.5 Å². The molecule has 0 bridgehead atoms. The minimum Gasteiger partial charge on any atom is -0.506 e. The van der Waals surface area contributed by atoms with Crippen molar-refractivity contribution in [3.05, 3.63) is 54.1 Å². The summed E-state index contributed by atoms with van der Waals surface area (Å²) in [7, 11) is 0. The molecule has 2 aromatic carbocycles. The van der Waals surface area contributed by atoms with Crippen LogP contribution in [-0.4, -0.2) is 54.5 Å². The van der Waals surface area contributed by atoms with E-state index in [1.807, 2.05) is 19.1 Å². The molecule has 2 aromatic rings. The van der Waals surface area contributed by atoms with Crippen LogP contribution in [0.5, 0.6) is 11.5 Å². The summed E-state index contributed by atoms with van der Waals surface area (Å²) in [6.45, 7) is 4.99. The van der Waals surface area contributed by atoms with E-state index in [2.05, 4.69) is 4.90 Å². The average molecular weight is 382 g/mol. The highest BCUT2D eigenvalue weighted by molar-refractivity contribution is 5.98. The number of phenolic OH excluding ortho intramolecular Hbond substituents is 1. The molecule has 1 aliphatic heterocycles. The topological polar surface area (TPSA) is 70.1 Å². The number of ketones is 1. The van der Waals surface area contributed by atoms with Crippen molar-refractivity contribution >= 4 is 17.4 Å². The number of aromatic hydroxyl groups is 1. The summed E-state index contributed by atoms with van der Waals surface area (Å²) in [5.74, 6) is 0.946. The molecule has 6 heteroatoms. The first kappa shape index (κ1) is 19.7. The Morgan fingerprint density at radius 3 is 2.29 bits per heavy atom. The standard InChI is InChI=1S/C22H26N2O4/c1-2-28-18-9-7-17(8-10-18)20(25)11-12-22(27)24-15-13-23(14-16-24)19-5-3-4-6-21(19)26/h3-10,26H,2,11-16H2,1H3. The fraction of sp³-hybridized carbons (Fsp3) is 0.364. The van der Waals surface area contributed by atoms with Gasteiger partial charge in [0.05, 0.1) is 12.3 Å². The smallest absolute Gasteiger partial charge is 0.223 e. The van der Waals surface area contributed by atoms with Gasteiger partial charge in [-0.3, -0.25) is 9.59 Å². The fourth-order valence-corrected chi connectivity index (χ4v) is 3.35. The Morgan fingerprint density at radius 2 is 1.64 bits per heavy atom. The van der Waals surface area contributed by atoms with Crippen LogP contribution >= 0.6 is 0 Å². The van der Waals surface area contributed by atoms with E-state index in [4.69, 9.17) is 4.74 Å². The summed E-state index contributed by atoms with van der Waals surface area (Å²) >= 11 is 0. The van der Waals surface area contributed by atoms with Gasteiger partial charge in [-0.1, -0.05) is 12.1 Å². The first-order valence-electron chi connectivity index (χ1n) is 9.65. The van der Waals surface area contributed by atoms with E-state index in [0.717, 1.165) is 11.4 Å². The van der Waals surface area contributed by atoms with Crippen LogP contribution in [0.25, 0.3) is 0 Å². The molecule has 1 saturated heterocycles. The molecule has 1 amide bonds. The van der Waals surface area contributed by atoms with Crippen molar-refractivity contribution in [2.45, 2.75) is 19.8 Å². The van der Waals surface area contributed by atoms with E-state index < -0.39 is 0 Å². The number of phenols is 1. The van der Waals surface area contributed by atoms with Gasteiger partial charge in [-0.05, 0) is 43.3 Å². The third-order valence-electron chi connectivity index (χ3n) is 4.91. The van der Waals surface area contributed by atoms with Crippen molar-refractivity contribution in [2.24, 2.45) is 0 Å². The van der Waals surface area contributed by atoms with Crippen molar-refractivity contribution < 1.29 is 19.4 Å². The number of benzene rings is 2. The van der Waals surface area contributed by atoms with Gasteiger partial charge in [0.1, 0.15) is 11.5 Å². The van der Waals surface area contributed by atoms with Gasteiger partial charge in [-0.15, -0.1) is 0 Å². The average Bonchev–Trinajstić information content (AvgIpc) is 2.73. The van der Waals surface area contributed by atoms with Crippen molar-refractivity contribution in [2.75, 3.05) is 37.7 Å². The molecule has 28 heavy (non-hydrogen) atoms. The molecule has 148 valence electrons. The maximum Gasteiger partial charge on any atom is 0.223 e. The molecule has 1 N–H and O–H groups in total. The molecule has 1 heterocycles. The number of carbonyl (C=O) groups is 2.